The van der Waals surface area contributed by atoms with E-state index >= 15 is 0 Å². The van der Waals surface area contributed by atoms with Crippen LogP contribution in [0.4, 0.5) is 0 Å². The van der Waals surface area contributed by atoms with Crippen LogP contribution in [0.1, 0.15) is 64.1 Å². The summed E-state index contributed by atoms with van der Waals surface area (Å²) < 4.78 is 0. The standard InChI is InChI=1S/C10H15N.C4H10.C2H6/c1-5-10-6-7(2)11-9(4)8(10)3;1-4(2)3;1-2/h6H,5H2,1-4H3;4H,1-3H3;1-2H3. The molecule has 0 saturated heterocycles. The summed E-state index contributed by atoms with van der Waals surface area (Å²) in [5.41, 5.74) is 5.07. The number of rotatable bonds is 1. The molecule has 0 aliphatic carbocycles. The molecule has 0 radical (unpaired) electrons. The molecule has 1 nitrogen and oxygen atoms in total. The summed E-state index contributed by atoms with van der Waals surface area (Å²) in [6.07, 6.45) is 1.11. The molecule has 0 unspecified atom stereocenters. The highest BCUT2D eigenvalue weighted by Crippen LogP contribution is 2.12. The van der Waals surface area contributed by atoms with E-state index in [1.54, 1.807) is 0 Å². The second kappa shape index (κ2) is 10.3. The van der Waals surface area contributed by atoms with Crippen LogP contribution < -0.4 is 0 Å². The number of hydrogen-bond donors (Lipinski definition) is 0. The lowest BCUT2D eigenvalue weighted by molar-refractivity contribution is 0.737. The maximum Gasteiger partial charge on any atom is 0.0407 e. The maximum atomic E-state index is 4.38. The van der Waals surface area contributed by atoms with Crippen molar-refractivity contribution in [3.05, 3.63) is 28.6 Å². The van der Waals surface area contributed by atoms with Gasteiger partial charge in [-0.25, -0.2) is 0 Å². The fourth-order valence-electron chi connectivity index (χ4n) is 1.34. The van der Waals surface area contributed by atoms with Crippen molar-refractivity contribution in [3.8, 4) is 0 Å². The van der Waals surface area contributed by atoms with Crippen LogP contribution in [0.2, 0.25) is 0 Å². The molecule has 1 aromatic heterocycles. The van der Waals surface area contributed by atoms with Gasteiger partial charge in [-0.05, 0) is 50.3 Å². The van der Waals surface area contributed by atoms with Crippen LogP contribution >= 0.6 is 0 Å². The highest BCUT2D eigenvalue weighted by atomic mass is 14.7. The van der Waals surface area contributed by atoms with Crippen molar-refractivity contribution in [2.75, 3.05) is 0 Å². The summed E-state index contributed by atoms with van der Waals surface area (Å²) in [6.45, 7) is 18.9. The zero-order chi connectivity index (χ0) is 14.0. The molecule has 0 aliphatic rings. The molecule has 0 aromatic carbocycles. The van der Waals surface area contributed by atoms with E-state index in [1.165, 1.54) is 16.8 Å². The molecule has 100 valence electrons. The van der Waals surface area contributed by atoms with Gasteiger partial charge in [-0.2, -0.15) is 0 Å². The molecule has 17 heavy (non-hydrogen) atoms. The molecular weight excluding hydrogens is 206 g/mol. The highest BCUT2D eigenvalue weighted by molar-refractivity contribution is 5.30. The summed E-state index contributed by atoms with van der Waals surface area (Å²) in [6, 6.07) is 2.17. The van der Waals surface area contributed by atoms with Crippen LogP contribution in [0.25, 0.3) is 0 Å². The predicted octanol–water partition coefficient (Wildman–Crippen LogP) is 5.26. The number of aryl methyl sites for hydroxylation is 3. The van der Waals surface area contributed by atoms with Gasteiger partial charge in [0.1, 0.15) is 0 Å². The number of aromatic nitrogens is 1. The Hall–Kier alpha value is -0.850. The first-order chi connectivity index (χ1) is 7.88. The predicted molar refractivity (Wildman–Crippen MR) is 79.7 cm³/mol. The van der Waals surface area contributed by atoms with E-state index in [9.17, 15) is 0 Å². The van der Waals surface area contributed by atoms with Crippen molar-refractivity contribution < 1.29 is 0 Å². The van der Waals surface area contributed by atoms with Crippen LogP contribution in [-0.2, 0) is 6.42 Å². The van der Waals surface area contributed by atoms with Crippen LogP contribution in [0.3, 0.4) is 0 Å². The maximum absolute atomic E-state index is 4.38. The first-order valence-corrected chi connectivity index (χ1v) is 6.82. The Bertz CT molecular complexity index is 298. The summed E-state index contributed by atoms with van der Waals surface area (Å²) in [7, 11) is 0. The number of nitrogens with zero attached hydrogens (tertiary/aromatic N) is 1. The Morgan fingerprint density at radius 1 is 1.06 bits per heavy atom. The summed E-state index contributed by atoms with van der Waals surface area (Å²) in [5, 5.41) is 0. The van der Waals surface area contributed by atoms with Crippen molar-refractivity contribution in [1.82, 2.24) is 4.98 Å². The lowest BCUT2D eigenvalue weighted by Crippen LogP contribution is -1.95. The largest absolute Gasteiger partial charge is 0.258 e. The second-order valence-electron chi connectivity index (χ2n) is 4.72. The molecule has 1 heteroatoms. The zero-order valence-electron chi connectivity index (χ0n) is 13.3. The van der Waals surface area contributed by atoms with Gasteiger partial charge in [0.25, 0.3) is 0 Å². The molecule has 0 N–H and O–H groups in total. The summed E-state index contributed by atoms with van der Waals surface area (Å²) in [5.74, 6) is 0.833. The molecule has 0 amide bonds. The molecular formula is C16H31N. The van der Waals surface area contributed by atoms with Crippen LogP contribution in [0.15, 0.2) is 6.07 Å². The molecule has 0 aliphatic heterocycles. The Morgan fingerprint density at radius 3 is 1.82 bits per heavy atom. The van der Waals surface area contributed by atoms with Crippen LogP contribution in [0, 0.1) is 26.7 Å². The second-order valence-corrected chi connectivity index (χ2v) is 4.72. The van der Waals surface area contributed by atoms with Crippen molar-refractivity contribution in [3.63, 3.8) is 0 Å². The van der Waals surface area contributed by atoms with Gasteiger partial charge in [-0.15, -0.1) is 0 Å². The summed E-state index contributed by atoms with van der Waals surface area (Å²) in [4.78, 5) is 4.38. The van der Waals surface area contributed by atoms with Crippen molar-refractivity contribution in [2.45, 2.75) is 68.7 Å². The Balaban J connectivity index is 0. The molecule has 0 fully saturated rings. The van der Waals surface area contributed by atoms with Gasteiger partial charge in [0.05, 0.1) is 0 Å². The lowest BCUT2D eigenvalue weighted by Gasteiger charge is -2.06. The van der Waals surface area contributed by atoms with E-state index in [0.717, 1.165) is 18.0 Å². The highest BCUT2D eigenvalue weighted by Gasteiger charge is 2.00. The normalized spacial score (nSPS) is 9.06. The van der Waals surface area contributed by atoms with Gasteiger partial charge in [0, 0.05) is 11.4 Å². The molecule has 1 heterocycles. The third kappa shape index (κ3) is 8.91. The van der Waals surface area contributed by atoms with Crippen molar-refractivity contribution >= 4 is 0 Å². The molecule has 0 bridgehead atoms. The third-order valence-electron chi connectivity index (χ3n) is 2.13. The number of pyridine rings is 1. The molecule has 1 aromatic rings. The van der Waals surface area contributed by atoms with E-state index in [0.29, 0.717) is 0 Å². The smallest absolute Gasteiger partial charge is 0.0407 e. The topological polar surface area (TPSA) is 12.9 Å². The first kappa shape index (κ1) is 18.5. The van der Waals surface area contributed by atoms with Crippen molar-refractivity contribution in [1.29, 1.82) is 0 Å². The summed E-state index contributed by atoms with van der Waals surface area (Å²) >= 11 is 0. The third-order valence-corrected chi connectivity index (χ3v) is 2.13. The number of hydrogen-bond acceptors (Lipinski definition) is 1. The monoisotopic (exact) mass is 237 g/mol. The lowest BCUT2D eigenvalue weighted by atomic mass is 10.1. The molecule has 0 atom stereocenters. The zero-order valence-corrected chi connectivity index (χ0v) is 13.3. The molecule has 1 rings (SSSR count). The minimum atomic E-state index is 0.833. The first-order valence-electron chi connectivity index (χ1n) is 6.82. The van der Waals surface area contributed by atoms with E-state index in [1.807, 2.05) is 20.8 Å². The minimum absolute atomic E-state index is 0.833. The van der Waals surface area contributed by atoms with Crippen LogP contribution in [0.5, 0.6) is 0 Å². The molecule has 0 spiro atoms. The Kier molecular flexibility index (Phi) is 11.2. The van der Waals surface area contributed by atoms with E-state index in [2.05, 4.69) is 52.6 Å². The van der Waals surface area contributed by atoms with Crippen molar-refractivity contribution in [2.24, 2.45) is 5.92 Å². The van der Waals surface area contributed by atoms with Gasteiger partial charge >= 0.3 is 0 Å². The average molecular weight is 237 g/mol. The molecule has 0 saturated carbocycles. The average Bonchev–Trinajstić information content (AvgIpc) is 2.25. The Labute approximate surface area is 109 Å². The van der Waals surface area contributed by atoms with E-state index < -0.39 is 0 Å². The van der Waals surface area contributed by atoms with Gasteiger partial charge in [0.15, 0.2) is 0 Å². The minimum Gasteiger partial charge on any atom is -0.258 e. The van der Waals surface area contributed by atoms with Gasteiger partial charge in [0.2, 0.25) is 0 Å². The fraction of sp³-hybridized carbons (Fsp3) is 0.688. The van der Waals surface area contributed by atoms with Gasteiger partial charge in [-0.1, -0.05) is 41.5 Å². The fourth-order valence-corrected chi connectivity index (χ4v) is 1.34. The van der Waals surface area contributed by atoms with E-state index in [-0.39, 0.29) is 0 Å². The van der Waals surface area contributed by atoms with Crippen LogP contribution in [-0.4, -0.2) is 4.98 Å². The SMILES string of the molecule is CC.CC(C)C.CCc1cc(C)nc(C)c1C. The van der Waals surface area contributed by atoms with E-state index in [4.69, 9.17) is 0 Å². The van der Waals surface area contributed by atoms with Gasteiger partial charge in [-0.3, -0.25) is 4.98 Å². The Morgan fingerprint density at radius 2 is 1.47 bits per heavy atom. The van der Waals surface area contributed by atoms with Gasteiger partial charge < -0.3 is 0 Å². The quantitative estimate of drug-likeness (QED) is 0.649.